The van der Waals surface area contributed by atoms with E-state index in [4.69, 9.17) is 5.26 Å². The van der Waals surface area contributed by atoms with Gasteiger partial charge >= 0.3 is 0 Å². The van der Waals surface area contributed by atoms with Gasteiger partial charge in [-0.3, -0.25) is 5.26 Å². The maximum atomic E-state index is 10.4. The summed E-state index contributed by atoms with van der Waals surface area (Å²) in [5, 5.41) is 18.2. The maximum absolute atomic E-state index is 10.4. The van der Waals surface area contributed by atoms with Gasteiger partial charge < -0.3 is 0 Å². The van der Waals surface area contributed by atoms with E-state index in [1.807, 2.05) is 0 Å². The third-order valence-corrected chi connectivity index (χ3v) is 1.10. The van der Waals surface area contributed by atoms with Gasteiger partial charge in [0.05, 0.1) is 12.7 Å². The lowest BCUT2D eigenvalue weighted by Gasteiger charge is -1.98. The van der Waals surface area contributed by atoms with Crippen LogP contribution in [0.4, 0.5) is 0 Å². The Kier molecular flexibility index (Phi) is 5.93. The van der Waals surface area contributed by atoms with Crippen molar-refractivity contribution in [3.63, 3.8) is 0 Å². The highest BCUT2D eigenvalue weighted by Crippen LogP contribution is 1.99. The molecule has 55 valence electrons. The predicted octanol–water partition coefficient (Wildman–Crippen LogP) is 1.47. The van der Waals surface area contributed by atoms with Crippen molar-refractivity contribution in [2.45, 2.75) is 32.3 Å². The van der Waals surface area contributed by atoms with Crippen LogP contribution in [-0.2, 0) is 9.99 Å². The monoisotopic (exact) mass is 133 g/mol. The molecular formula is C6H13O3. The highest BCUT2D eigenvalue weighted by atomic mass is 17.1. The second-order valence-electron chi connectivity index (χ2n) is 2.14. The SMILES string of the molecule is CC([O])CCCCOO. The molecule has 1 radical (unpaired) electrons. The predicted molar refractivity (Wildman–Crippen MR) is 32.6 cm³/mol. The van der Waals surface area contributed by atoms with Crippen LogP contribution in [0.2, 0.25) is 0 Å². The Balaban J connectivity index is 2.75. The van der Waals surface area contributed by atoms with Crippen LogP contribution in [0.3, 0.4) is 0 Å². The summed E-state index contributed by atoms with van der Waals surface area (Å²) in [6.07, 6.45) is 1.79. The summed E-state index contributed by atoms with van der Waals surface area (Å²) in [5.41, 5.74) is 0. The molecule has 9 heavy (non-hydrogen) atoms. The summed E-state index contributed by atoms with van der Waals surface area (Å²) in [5.74, 6) is 0. The maximum Gasteiger partial charge on any atom is 0.0902 e. The molecule has 1 atom stereocenters. The van der Waals surface area contributed by atoms with Crippen molar-refractivity contribution in [2.24, 2.45) is 0 Å². The van der Waals surface area contributed by atoms with Gasteiger partial charge in [-0.05, 0) is 26.2 Å². The molecule has 0 aliphatic carbocycles. The Morgan fingerprint density at radius 2 is 2.22 bits per heavy atom. The summed E-state index contributed by atoms with van der Waals surface area (Å²) >= 11 is 0. The molecule has 0 spiro atoms. The Labute approximate surface area is 55.2 Å². The molecule has 0 amide bonds. The van der Waals surface area contributed by atoms with Crippen molar-refractivity contribution >= 4 is 0 Å². The molecule has 0 aromatic carbocycles. The first-order chi connectivity index (χ1) is 4.27. The molecule has 3 nitrogen and oxygen atoms in total. The van der Waals surface area contributed by atoms with E-state index in [1.54, 1.807) is 6.92 Å². The van der Waals surface area contributed by atoms with E-state index in [1.165, 1.54) is 0 Å². The van der Waals surface area contributed by atoms with Crippen molar-refractivity contribution < 1.29 is 15.3 Å². The largest absolute Gasteiger partial charge is 0.252 e. The third kappa shape index (κ3) is 7.88. The van der Waals surface area contributed by atoms with Crippen LogP contribution in [0, 0.1) is 0 Å². The smallest absolute Gasteiger partial charge is 0.0902 e. The molecule has 3 heteroatoms. The van der Waals surface area contributed by atoms with Crippen LogP contribution in [0.15, 0.2) is 0 Å². The van der Waals surface area contributed by atoms with Gasteiger partial charge in [-0.2, -0.15) is 0 Å². The summed E-state index contributed by atoms with van der Waals surface area (Å²) in [7, 11) is 0. The molecular weight excluding hydrogens is 120 g/mol. The molecule has 0 aromatic heterocycles. The minimum Gasteiger partial charge on any atom is -0.252 e. The Bertz CT molecular complexity index is 54.3. The summed E-state index contributed by atoms with van der Waals surface area (Å²) in [4.78, 5) is 3.82. The van der Waals surface area contributed by atoms with Crippen molar-refractivity contribution in [2.75, 3.05) is 6.61 Å². The molecule has 1 unspecified atom stereocenters. The van der Waals surface area contributed by atoms with E-state index in [0.717, 1.165) is 12.8 Å². The minimum absolute atomic E-state index is 0.340. The molecule has 0 rings (SSSR count). The molecule has 0 heterocycles. The molecule has 0 fully saturated rings. The van der Waals surface area contributed by atoms with Gasteiger partial charge in [0.15, 0.2) is 0 Å². The van der Waals surface area contributed by atoms with Gasteiger partial charge in [-0.1, -0.05) is 0 Å². The first-order valence-corrected chi connectivity index (χ1v) is 3.19. The highest BCUT2D eigenvalue weighted by Gasteiger charge is 1.95. The third-order valence-electron chi connectivity index (χ3n) is 1.10. The summed E-state index contributed by atoms with van der Waals surface area (Å²) in [6.45, 7) is 1.98. The van der Waals surface area contributed by atoms with Crippen LogP contribution in [0.5, 0.6) is 0 Å². The molecule has 0 aliphatic heterocycles. The fourth-order valence-electron chi connectivity index (χ4n) is 0.598. The van der Waals surface area contributed by atoms with E-state index in [-0.39, 0.29) is 0 Å². The standard InChI is InChI=1S/C6H13O3/c1-6(7)4-2-3-5-9-8/h6,8H,2-5H2,1H3. The van der Waals surface area contributed by atoms with E-state index < -0.39 is 6.10 Å². The average molecular weight is 133 g/mol. The second-order valence-corrected chi connectivity index (χ2v) is 2.14. The quantitative estimate of drug-likeness (QED) is 0.350. The van der Waals surface area contributed by atoms with Gasteiger partial charge in [-0.25, -0.2) is 9.99 Å². The van der Waals surface area contributed by atoms with Crippen molar-refractivity contribution in [3.8, 4) is 0 Å². The first kappa shape index (κ1) is 8.88. The lowest BCUT2D eigenvalue weighted by molar-refractivity contribution is -0.242. The van der Waals surface area contributed by atoms with Crippen LogP contribution in [0.25, 0.3) is 0 Å². The van der Waals surface area contributed by atoms with Crippen molar-refractivity contribution in [3.05, 3.63) is 0 Å². The minimum atomic E-state index is -0.483. The molecule has 0 saturated heterocycles. The van der Waals surface area contributed by atoms with Crippen molar-refractivity contribution in [1.29, 1.82) is 0 Å². The average Bonchev–Trinajstić information content (AvgIpc) is 1.80. The number of hydrogen-bond donors (Lipinski definition) is 1. The lowest BCUT2D eigenvalue weighted by atomic mass is 10.2. The van der Waals surface area contributed by atoms with Gasteiger partial charge in [-0.15, -0.1) is 0 Å². The van der Waals surface area contributed by atoms with E-state index >= 15 is 0 Å². The number of unbranched alkanes of at least 4 members (excludes halogenated alkanes) is 1. The molecule has 0 aliphatic rings. The fraction of sp³-hybridized carbons (Fsp3) is 1.00. The Hall–Kier alpha value is -0.120. The second kappa shape index (κ2) is 6.01. The van der Waals surface area contributed by atoms with Crippen LogP contribution in [-0.4, -0.2) is 18.0 Å². The zero-order chi connectivity index (χ0) is 7.11. The topological polar surface area (TPSA) is 49.4 Å². The van der Waals surface area contributed by atoms with Crippen LogP contribution in [0.1, 0.15) is 26.2 Å². The highest BCUT2D eigenvalue weighted by molar-refractivity contribution is 4.45. The van der Waals surface area contributed by atoms with Gasteiger partial charge in [0.2, 0.25) is 0 Å². The van der Waals surface area contributed by atoms with Gasteiger partial charge in [0.25, 0.3) is 0 Å². The van der Waals surface area contributed by atoms with Crippen LogP contribution >= 0.6 is 0 Å². The Morgan fingerprint density at radius 3 is 2.67 bits per heavy atom. The number of rotatable bonds is 5. The van der Waals surface area contributed by atoms with Gasteiger partial charge in [0.1, 0.15) is 0 Å². The normalized spacial score (nSPS) is 13.7. The molecule has 0 bridgehead atoms. The van der Waals surface area contributed by atoms with E-state index in [0.29, 0.717) is 13.0 Å². The fourth-order valence-corrected chi connectivity index (χ4v) is 0.598. The van der Waals surface area contributed by atoms with E-state index in [9.17, 15) is 5.11 Å². The van der Waals surface area contributed by atoms with Crippen molar-refractivity contribution in [1.82, 2.24) is 0 Å². The van der Waals surface area contributed by atoms with Crippen LogP contribution < -0.4 is 0 Å². The summed E-state index contributed by atoms with van der Waals surface area (Å²) < 4.78 is 0. The lowest BCUT2D eigenvalue weighted by Crippen LogP contribution is -1.98. The first-order valence-electron chi connectivity index (χ1n) is 3.19. The summed E-state index contributed by atoms with van der Waals surface area (Å²) in [6, 6.07) is 0. The molecule has 1 N–H and O–H groups in total. The molecule has 0 saturated carbocycles. The zero-order valence-electron chi connectivity index (χ0n) is 5.67. The zero-order valence-corrected chi connectivity index (χ0v) is 5.67. The number of hydrogen-bond acceptors (Lipinski definition) is 2. The molecule has 0 aromatic rings. The van der Waals surface area contributed by atoms with Gasteiger partial charge in [0, 0.05) is 0 Å². The van der Waals surface area contributed by atoms with E-state index in [2.05, 4.69) is 4.89 Å². The Morgan fingerprint density at radius 1 is 1.56 bits per heavy atom.